The number of allylic oxidation sites excluding steroid dienone is 5. The largest absolute Gasteiger partial charge is 0.356 e. The van der Waals surface area contributed by atoms with Crippen LogP contribution in [0.4, 0.5) is 5.69 Å². The second-order valence-corrected chi connectivity index (χ2v) is 15.1. The average molecular weight is 687 g/mol. The number of anilines is 1. The van der Waals surface area contributed by atoms with Crippen LogP contribution in [0.15, 0.2) is 70.1 Å². The van der Waals surface area contributed by atoms with E-state index in [-0.39, 0.29) is 28.9 Å². The predicted molar refractivity (Wildman–Crippen MR) is 175 cm³/mol. The molecule has 0 aliphatic rings. The van der Waals surface area contributed by atoms with Crippen LogP contribution < -0.4 is 10.2 Å². The van der Waals surface area contributed by atoms with E-state index in [4.69, 9.17) is 4.55 Å². The Morgan fingerprint density at radius 2 is 1.62 bits per heavy atom. The Bertz CT molecular complexity index is 1780. The Hall–Kier alpha value is -3.08. The molecule has 0 bridgehead atoms. The van der Waals surface area contributed by atoms with Gasteiger partial charge in [-0.05, 0) is 81.2 Å². The Kier molecular flexibility index (Phi) is 13.9. The number of benzene rings is 2. The highest BCUT2D eigenvalue weighted by Crippen LogP contribution is 2.35. The number of carbonyl (C=O) groups excluding carboxylic acids is 1. The van der Waals surface area contributed by atoms with E-state index >= 15 is 0 Å². The number of hydrogen-bond donors (Lipinski definition) is 4. The summed E-state index contributed by atoms with van der Waals surface area (Å²) in [5.41, 5.74) is 2.51. The number of rotatable bonds is 18. The Labute approximate surface area is 266 Å². The third-order valence-electron chi connectivity index (χ3n) is 7.03. The maximum absolute atomic E-state index is 12.1. The van der Waals surface area contributed by atoms with Crippen molar-refractivity contribution in [2.45, 2.75) is 75.5 Å². The highest BCUT2D eigenvalue weighted by molar-refractivity contribution is 7.87. The van der Waals surface area contributed by atoms with Crippen LogP contribution in [-0.4, -0.2) is 63.7 Å². The summed E-state index contributed by atoms with van der Waals surface area (Å²) in [7, 11) is -13.7. The number of fused-ring (bicyclic) bond motifs is 1. The van der Waals surface area contributed by atoms with E-state index in [2.05, 4.69) is 11.9 Å². The highest BCUT2D eigenvalue weighted by atomic mass is 32.2. The van der Waals surface area contributed by atoms with Gasteiger partial charge in [-0.3, -0.25) is 18.5 Å². The van der Waals surface area contributed by atoms with Crippen molar-refractivity contribution in [2.75, 3.05) is 23.7 Å². The molecule has 1 amide bonds. The summed E-state index contributed by atoms with van der Waals surface area (Å²) in [6.07, 6.45) is 9.13. The quantitative estimate of drug-likeness (QED) is 0.0912. The van der Waals surface area contributed by atoms with Crippen LogP contribution in [-0.2, 0) is 35.1 Å². The van der Waals surface area contributed by atoms with E-state index < -0.39 is 40.1 Å². The molecule has 0 heterocycles. The lowest BCUT2D eigenvalue weighted by Gasteiger charge is -2.28. The van der Waals surface area contributed by atoms with Crippen LogP contribution in [0, 0.1) is 6.92 Å². The summed E-state index contributed by atoms with van der Waals surface area (Å²) < 4.78 is 98.5. The molecule has 45 heavy (non-hydrogen) atoms. The molecule has 4 N–H and O–H groups in total. The van der Waals surface area contributed by atoms with E-state index in [1.54, 1.807) is 31.2 Å². The van der Waals surface area contributed by atoms with Gasteiger partial charge in [-0.1, -0.05) is 43.7 Å². The fraction of sp³-hybridized carbons (Fsp3) is 0.433. The monoisotopic (exact) mass is 686 g/mol. The van der Waals surface area contributed by atoms with Gasteiger partial charge in [-0.25, -0.2) is 0 Å². The molecular formula is C30H42N2O10S3. The van der Waals surface area contributed by atoms with Crippen molar-refractivity contribution >= 4 is 52.7 Å². The molecule has 15 heteroatoms. The summed E-state index contributed by atoms with van der Waals surface area (Å²) in [6.45, 7) is 10.5. The molecular weight excluding hydrogens is 645 g/mol. The Balaban J connectivity index is 2.47. The van der Waals surface area contributed by atoms with Gasteiger partial charge < -0.3 is 10.2 Å². The van der Waals surface area contributed by atoms with Crippen LogP contribution in [0.2, 0.25) is 0 Å². The number of carbonyl (C=O) groups is 1. The second kappa shape index (κ2) is 16.5. The van der Waals surface area contributed by atoms with Gasteiger partial charge in [-0.2, -0.15) is 25.3 Å². The van der Waals surface area contributed by atoms with Gasteiger partial charge in [0, 0.05) is 36.3 Å². The van der Waals surface area contributed by atoms with Gasteiger partial charge in [0.05, 0.1) is 10.6 Å². The highest BCUT2D eigenvalue weighted by Gasteiger charge is 2.23. The van der Waals surface area contributed by atoms with E-state index in [1.165, 1.54) is 6.07 Å². The zero-order valence-electron chi connectivity index (χ0n) is 25.7. The topological polar surface area (TPSA) is 195 Å². The number of aryl methyl sites for hydroxylation is 1. The SMILES string of the molecule is C=C(/C=C/C=C(\C)N(CCCCCC(=O)NCCC)c1ccc2c(S(=O)(=O)O)cc(S(=O)(=O)O)cc2c1C)CCCS(=O)(=O)O. The van der Waals surface area contributed by atoms with Crippen molar-refractivity contribution in [3.8, 4) is 0 Å². The fourth-order valence-electron chi connectivity index (χ4n) is 4.71. The molecule has 0 saturated heterocycles. The van der Waals surface area contributed by atoms with E-state index in [0.717, 1.165) is 24.6 Å². The normalized spacial score (nSPS) is 13.0. The first-order valence-corrected chi connectivity index (χ1v) is 18.9. The first-order valence-electron chi connectivity index (χ1n) is 14.4. The van der Waals surface area contributed by atoms with E-state index in [9.17, 15) is 39.2 Å². The number of nitrogens with one attached hydrogen (secondary N) is 1. The van der Waals surface area contributed by atoms with Crippen molar-refractivity contribution in [3.63, 3.8) is 0 Å². The van der Waals surface area contributed by atoms with Crippen molar-refractivity contribution in [1.82, 2.24) is 5.32 Å². The number of amides is 1. The van der Waals surface area contributed by atoms with Crippen molar-refractivity contribution in [3.05, 3.63) is 65.9 Å². The standard InChI is InChI=1S/C30H42N2O10S3/c1-5-17-31-30(33)14-7-6-8-18-32(23(3)13-9-11-22(2)12-10-19-43(34,35)36)28-16-15-26-27(24(28)4)20-25(44(37,38)39)21-29(26)45(40,41)42/h9,11,13,15-16,20-21H,2,5-8,10,12,14,17-19H2,1,3-4H3,(H,31,33)(H,34,35,36)(H,37,38,39)(H,40,41,42)/b11-9+,23-13+. The molecule has 2 aromatic rings. The summed E-state index contributed by atoms with van der Waals surface area (Å²) >= 11 is 0. The Morgan fingerprint density at radius 1 is 0.933 bits per heavy atom. The van der Waals surface area contributed by atoms with Crippen molar-refractivity contribution < 1.29 is 43.7 Å². The summed E-state index contributed by atoms with van der Waals surface area (Å²) in [6, 6.07) is 4.98. The summed E-state index contributed by atoms with van der Waals surface area (Å²) in [5.74, 6) is -0.385. The maximum atomic E-state index is 12.1. The van der Waals surface area contributed by atoms with E-state index in [0.29, 0.717) is 61.7 Å². The van der Waals surface area contributed by atoms with Crippen LogP contribution in [0.1, 0.15) is 64.4 Å². The molecule has 2 rings (SSSR count). The minimum absolute atomic E-state index is 0.0126. The van der Waals surface area contributed by atoms with E-state index in [1.807, 2.05) is 18.7 Å². The molecule has 0 aliphatic heterocycles. The first-order chi connectivity index (χ1) is 20.8. The van der Waals surface area contributed by atoms with Crippen LogP contribution in [0.3, 0.4) is 0 Å². The molecule has 0 spiro atoms. The molecule has 0 saturated carbocycles. The van der Waals surface area contributed by atoms with Gasteiger partial charge in [0.2, 0.25) is 5.91 Å². The third kappa shape index (κ3) is 12.3. The van der Waals surface area contributed by atoms with Crippen LogP contribution >= 0.6 is 0 Å². The molecule has 12 nitrogen and oxygen atoms in total. The van der Waals surface area contributed by atoms with Crippen molar-refractivity contribution in [1.29, 1.82) is 0 Å². The van der Waals surface area contributed by atoms with Gasteiger partial charge >= 0.3 is 0 Å². The summed E-state index contributed by atoms with van der Waals surface area (Å²) in [4.78, 5) is 12.6. The zero-order chi connectivity index (χ0) is 34.0. The molecule has 0 fully saturated rings. The number of hydrogen-bond acceptors (Lipinski definition) is 8. The minimum Gasteiger partial charge on any atom is -0.356 e. The number of unbranched alkanes of at least 4 members (excludes halogenated alkanes) is 2. The maximum Gasteiger partial charge on any atom is 0.295 e. The van der Waals surface area contributed by atoms with Crippen LogP contribution in [0.25, 0.3) is 10.8 Å². The van der Waals surface area contributed by atoms with Gasteiger partial charge in [0.15, 0.2) is 0 Å². The van der Waals surface area contributed by atoms with Crippen LogP contribution in [0.5, 0.6) is 0 Å². The molecule has 0 atom stereocenters. The fourth-order valence-corrected chi connectivity index (χ4v) is 6.56. The second-order valence-electron chi connectivity index (χ2n) is 10.7. The van der Waals surface area contributed by atoms with Gasteiger partial charge in [-0.15, -0.1) is 0 Å². The molecule has 0 aromatic heterocycles. The molecule has 0 unspecified atom stereocenters. The minimum atomic E-state index is -4.85. The average Bonchev–Trinajstić information content (AvgIpc) is 2.92. The Morgan fingerprint density at radius 3 is 2.22 bits per heavy atom. The third-order valence-corrected chi connectivity index (χ3v) is 9.56. The lowest BCUT2D eigenvalue weighted by atomic mass is 10.0. The predicted octanol–water partition coefficient (Wildman–Crippen LogP) is 5.22. The zero-order valence-corrected chi connectivity index (χ0v) is 28.1. The lowest BCUT2D eigenvalue weighted by Crippen LogP contribution is -2.24. The van der Waals surface area contributed by atoms with Crippen molar-refractivity contribution in [2.24, 2.45) is 0 Å². The van der Waals surface area contributed by atoms with Gasteiger partial charge in [0.25, 0.3) is 30.4 Å². The molecule has 250 valence electrons. The summed E-state index contributed by atoms with van der Waals surface area (Å²) in [5, 5.41) is 3.12. The lowest BCUT2D eigenvalue weighted by molar-refractivity contribution is -0.121. The molecule has 0 radical (unpaired) electrons. The number of nitrogens with zero attached hydrogens (tertiary/aromatic N) is 1. The first kappa shape index (κ1) is 38.1. The van der Waals surface area contributed by atoms with Gasteiger partial charge in [0.1, 0.15) is 4.90 Å². The smallest absolute Gasteiger partial charge is 0.295 e. The molecule has 0 aliphatic carbocycles. The molecule has 2 aromatic carbocycles.